The van der Waals surface area contributed by atoms with Crippen molar-refractivity contribution in [2.45, 2.75) is 13.5 Å². The molecule has 0 spiro atoms. The van der Waals surface area contributed by atoms with Crippen LogP contribution in [0.4, 0.5) is 5.95 Å². The van der Waals surface area contributed by atoms with E-state index in [1.807, 2.05) is 12.1 Å². The molecule has 7 nitrogen and oxygen atoms in total. The van der Waals surface area contributed by atoms with Crippen LogP contribution in [0.5, 0.6) is 0 Å². The number of nitrogens with zero attached hydrogens (tertiary/aromatic N) is 4. The smallest absolute Gasteiger partial charge is 0.260 e. The molecule has 0 aliphatic carbocycles. The number of hydrogen-bond acceptors (Lipinski definition) is 6. The summed E-state index contributed by atoms with van der Waals surface area (Å²) in [7, 11) is 1.80. The molecule has 0 bridgehead atoms. The van der Waals surface area contributed by atoms with Crippen molar-refractivity contribution in [1.29, 1.82) is 0 Å². The fraction of sp³-hybridized carbons (Fsp3) is 0.231. The minimum atomic E-state index is -0.165. The number of nitrogens with one attached hydrogen (secondary N) is 1. The molecule has 0 fully saturated rings. The summed E-state index contributed by atoms with van der Waals surface area (Å²) >= 11 is 0. The van der Waals surface area contributed by atoms with Crippen LogP contribution in [0.3, 0.4) is 0 Å². The van der Waals surface area contributed by atoms with Crippen molar-refractivity contribution in [2.75, 3.05) is 11.9 Å². The van der Waals surface area contributed by atoms with Gasteiger partial charge < -0.3 is 9.42 Å². The van der Waals surface area contributed by atoms with Crippen LogP contribution < -0.4 is 10.5 Å². The molecule has 1 N–H and O–H groups in total. The molecule has 0 radical (unpaired) electrons. The standard InChI is InChI=1S/C13H13N5O2/c1-8-14-11(17-20-8)7-18(2)13-15-10-6-4-3-5-9(10)12(19)16-13/h3-6H,7H2,1-2H3,(H,15,16,19). The largest absolute Gasteiger partial charge is 0.340 e. The second kappa shape index (κ2) is 4.76. The minimum absolute atomic E-state index is 0.165. The van der Waals surface area contributed by atoms with Crippen molar-refractivity contribution in [1.82, 2.24) is 20.1 Å². The van der Waals surface area contributed by atoms with Crippen LogP contribution >= 0.6 is 0 Å². The van der Waals surface area contributed by atoms with Crippen LogP contribution in [0.2, 0.25) is 0 Å². The maximum absolute atomic E-state index is 12.0. The normalized spacial score (nSPS) is 10.9. The van der Waals surface area contributed by atoms with E-state index in [1.165, 1.54) is 0 Å². The first-order valence-corrected chi connectivity index (χ1v) is 6.13. The van der Waals surface area contributed by atoms with Gasteiger partial charge in [0.2, 0.25) is 11.8 Å². The van der Waals surface area contributed by atoms with Crippen LogP contribution in [0.1, 0.15) is 11.7 Å². The highest BCUT2D eigenvalue weighted by molar-refractivity contribution is 5.78. The van der Waals surface area contributed by atoms with E-state index in [4.69, 9.17) is 4.52 Å². The Hall–Kier alpha value is -2.70. The van der Waals surface area contributed by atoms with Crippen molar-refractivity contribution in [3.63, 3.8) is 0 Å². The zero-order valence-electron chi connectivity index (χ0n) is 11.1. The molecule has 1 aromatic carbocycles. The Kier molecular flexibility index (Phi) is 2.94. The van der Waals surface area contributed by atoms with Gasteiger partial charge in [0.1, 0.15) is 0 Å². The Labute approximate surface area is 114 Å². The molecule has 0 amide bonds. The first kappa shape index (κ1) is 12.3. The van der Waals surface area contributed by atoms with Crippen LogP contribution in [-0.4, -0.2) is 27.2 Å². The van der Waals surface area contributed by atoms with Crippen molar-refractivity contribution in [3.05, 3.63) is 46.3 Å². The summed E-state index contributed by atoms with van der Waals surface area (Å²) in [6, 6.07) is 7.21. The third kappa shape index (κ3) is 2.25. The summed E-state index contributed by atoms with van der Waals surface area (Å²) < 4.78 is 4.92. The number of hydrogen-bond donors (Lipinski definition) is 1. The number of aromatic amines is 1. The van der Waals surface area contributed by atoms with Crippen molar-refractivity contribution in [2.24, 2.45) is 0 Å². The molecule has 0 atom stereocenters. The molecule has 102 valence electrons. The Morgan fingerprint density at radius 1 is 1.30 bits per heavy atom. The van der Waals surface area contributed by atoms with E-state index < -0.39 is 0 Å². The lowest BCUT2D eigenvalue weighted by molar-refractivity contribution is 0.387. The van der Waals surface area contributed by atoms with Gasteiger partial charge in [-0.05, 0) is 12.1 Å². The number of H-pyrrole nitrogens is 1. The van der Waals surface area contributed by atoms with Gasteiger partial charge in [0, 0.05) is 14.0 Å². The van der Waals surface area contributed by atoms with Crippen LogP contribution in [0.25, 0.3) is 10.9 Å². The number of anilines is 1. The summed E-state index contributed by atoms with van der Waals surface area (Å²) in [5.74, 6) is 1.52. The molecule has 0 aliphatic rings. The maximum atomic E-state index is 12.0. The summed E-state index contributed by atoms with van der Waals surface area (Å²) in [5.41, 5.74) is 0.490. The number of para-hydroxylation sites is 1. The molecule has 0 unspecified atom stereocenters. The molecule has 3 rings (SSSR count). The van der Waals surface area contributed by atoms with E-state index in [-0.39, 0.29) is 5.56 Å². The first-order valence-electron chi connectivity index (χ1n) is 6.13. The topological polar surface area (TPSA) is 87.9 Å². The fourth-order valence-electron chi connectivity index (χ4n) is 1.95. The van der Waals surface area contributed by atoms with Crippen LogP contribution in [0.15, 0.2) is 33.6 Å². The number of aromatic nitrogens is 4. The highest BCUT2D eigenvalue weighted by atomic mass is 16.5. The van der Waals surface area contributed by atoms with Crippen molar-refractivity contribution < 1.29 is 4.52 Å². The molecule has 0 saturated heterocycles. The summed E-state index contributed by atoms with van der Waals surface area (Å²) in [6.07, 6.45) is 0. The van der Waals surface area contributed by atoms with Gasteiger partial charge in [-0.25, -0.2) is 4.98 Å². The lowest BCUT2D eigenvalue weighted by atomic mass is 10.2. The molecule has 20 heavy (non-hydrogen) atoms. The highest BCUT2D eigenvalue weighted by Gasteiger charge is 2.11. The van der Waals surface area contributed by atoms with E-state index in [0.717, 1.165) is 0 Å². The molecular weight excluding hydrogens is 258 g/mol. The van der Waals surface area contributed by atoms with E-state index in [9.17, 15) is 4.79 Å². The average Bonchev–Trinajstić information content (AvgIpc) is 2.84. The van der Waals surface area contributed by atoms with Crippen molar-refractivity contribution >= 4 is 16.9 Å². The zero-order chi connectivity index (χ0) is 14.1. The Morgan fingerprint density at radius 2 is 2.10 bits per heavy atom. The van der Waals surface area contributed by atoms with Gasteiger partial charge in [0.05, 0.1) is 17.4 Å². The van der Waals surface area contributed by atoms with Crippen molar-refractivity contribution in [3.8, 4) is 0 Å². The molecule has 3 aromatic rings. The number of fused-ring (bicyclic) bond motifs is 1. The minimum Gasteiger partial charge on any atom is -0.340 e. The summed E-state index contributed by atoms with van der Waals surface area (Å²) in [5, 5.41) is 4.39. The maximum Gasteiger partial charge on any atom is 0.260 e. The van der Waals surface area contributed by atoms with Gasteiger partial charge in [-0.3, -0.25) is 9.78 Å². The third-order valence-corrected chi connectivity index (χ3v) is 2.91. The first-order chi connectivity index (χ1) is 9.63. The summed E-state index contributed by atoms with van der Waals surface area (Å²) in [4.78, 5) is 25.0. The molecule has 0 aliphatic heterocycles. The van der Waals surface area contributed by atoms with Crippen LogP contribution in [0, 0.1) is 6.92 Å². The van der Waals surface area contributed by atoms with Gasteiger partial charge >= 0.3 is 0 Å². The molecule has 7 heteroatoms. The molecule has 2 aromatic heterocycles. The molecular formula is C13H13N5O2. The number of rotatable bonds is 3. The lowest BCUT2D eigenvalue weighted by Gasteiger charge is -2.15. The van der Waals surface area contributed by atoms with Gasteiger partial charge in [-0.2, -0.15) is 4.98 Å². The average molecular weight is 271 g/mol. The quantitative estimate of drug-likeness (QED) is 0.771. The SMILES string of the molecule is Cc1nc(CN(C)c2nc3ccccc3c(=O)[nH]2)no1. The van der Waals surface area contributed by atoms with E-state index in [0.29, 0.717) is 35.1 Å². The highest BCUT2D eigenvalue weighted by Crippen LogP contribution is 2.12. The Balaban J connectivity index is 1.95. The van der Waals surface area contributed by atoms with Gasteiger partial charge in [0.25, 0.3) is 5.56 Å². The third-order valence-electron chi connectivity index (χ3n) is 2.91. The fourth-order valence-corrected chi connectivity index (χ4v) is 1.95. The van der Waals surface area contributed by atoms with Gasteiger partial charge in [-0.1, -0.05) is 17.3 Å². The predicted molar refractivity (Wildman–Crippen MR) is 73.5 cm³/mol. The van der Waals surface area contributed by atoms with Gasteiger partial charge in [0.15, 0.2) is 5.82 Å². The van der Waals surface area contributed by atoms with E-state index in [1.54, 1.807) is 31.0 Å². The molecule has 2 heterocycles. The summed E-state index contributed by atoms with van der Waals surface area (Å²) in [6.45, 7) is 2.13. The second-order valence-electron chi connectivity index (χ2n) is 4.49. The predicted octanol–water partition coefficient (Wildman–Crippen LogP) is 1.25. The molecule has 0 saturated carbocycles. The number of benzene rings is 1. The lowest BCUT2D eigenvalue weighted by Crippen LogP contribution is -2.23. The Bertz CT molecular complexity index is 808. The van der Waals surface area contributed by atoms with E-state index >= 15 is 0 Å². The van der Waals surface area contributed by atoms with E-state index in [2.05, 4.69) is 20.1 Å². The Morgan fingerprint density at radius 3 is 2.85 bits per heavy atom. The monoisotopic (exact) mass is 271 g/mol. The van der Waals surface area contributed by atoms with Crippen LogP contribution in [-0.2, 0) is 6.54 Å². The zero-order valence-corrected chi connectivity index (χ0v) is 11.1. The van der Waals surface area contributed by atoms with Gasteiger partial charge in [-0.15, -0.1) is 0 Å². The number of aryl methyl sites for hydroxylation is 1. The second-order valence-corrected chi connectivity index (χ2v) is 4.49.